The molecular weight excluding hydrogens is 439 g/mol. The second-order valence-electron chi connectivity index (χ2n) is 7.43. The number of benzene rings is 2. The number of amides is 1. The van der Waals surface area contributed by atoms with E-state index in [4.69, 9.17) is 0 Å². The second-order valence-corrected chi connectivity index (χ2v) is 10.4. The van der Waals surface area contributed by atoms with Gasteiger partial charge in [0.1, 0.15) is 10.8 Å². The SMILES string of the molecule is Cc1cccc(S(=O)(=O)N2CCCC(c3nnc(C(=O)Nc4cccc(F)c4)s3)C2)c1. The average molecular weight is 461 g/mol. The van der Waals surface area contributed by atoms with Crippen molar-refractivity contribution >= 4 is 33.0 Å². The molecule has 1 saturated heterocycles. The van der Waals surface area contributed by atoms with E-state index in [1.54, 1.807) is 24.3 Å². The lowest BCUT2D eigenvalue weighted by molar-refractivity contribution is 0.102. The van der Waals surface area contributed by atoms with E-state index in [0.29, 0.717) is 23.7 Å². The molecule has 31 heavy (non-hydrogen) atoms. The van der Waals surface area contributed by atoms with E-state index in [2.05, 4.69) is 15.5 Å². The van der Waals surface area contributed by atoms with E-state index >= 15 is 0 Å². The fourth-order valence-corrected chi connectivity index (χ4v) is 6.02. The summed E-state index contributed by atoms with van der Waals surface area (Å²) in [5.41, 5.74) is 1.21. The number of hydrogen-bond acceptors (Lipinski definition) is 6. The molecule has 4 rings (SSSR count). The topological polar surface area (TPSA) is 92.3 Å². The Morgan fingerprint density at radius 1 is 1.19 bits per heavy atom. The normalized spacial score (nSPS) is 17.4. The minimum Gasteiger partial charge on any atom is -0.320 e. The van der Waals surface area contributed by atoms with Gasteiger partial charge in [0.05, 0.1) is 4.90 Å². The molecule has 10 heteroatoms. The molecular formula is C21H21FN4O3S2. The molecule has 0 radical (unpaired) electrons. The fourth-order valence-electron chi connectivity index (χ4n) is 3.53. The number of aromatic nitrogens is 2. The first-order valence-electron chi connectivity index (χ1n) is 9.80. The average Bonchev–Trinajstić information content (AvgIpc) is 3.24. The molecule has 0 bridgehead atoms. The molecule has 3 aromatic rings. The first-order chi connectivity index (χ1) is 14.8. The van der Waals surface area contributed by atoms with Crippen molar-refractivity contribution < 1.29 is 17.6 Å². The molecule has 162 valence electrons. The lowest BCUT2D eigenvalue weighted by Gasteiger charge is -2.30. The zero-order valence-electron chi connectivity index (χ0n) is 16.8. The Balaban J connectivity index is 1.48. The Kier molecular flexibility index (Phi) is 6.12. The van der Waals surface area contributed by atoms with Gasteiger partial charge in [-0.05, 0) is 55.7 Å². The lowest BCUT2D eigenvalue weighted by Crippen LogP contribution is -2.39. The number of carbonyl (C=O) groups is 1. The van der Waals surface area contributed by atoms with Crippen LogP contribution in [0.5, 0.6) is 0 Å². The van der Waals surface area contributed by atoms with Gasteiger partial charge in [-0.25, -0.2) is 12.8 Å². The Morgan fingerprint density at radius 2 is 2.00 bits per heavy atom. The first-order valence-corrected chi connectivity index (χ1v) is 12.1. The highest BCUT2D eigenvalue weighted by atomic mass is 32.2. The van der Waals surface area contributed by atoms with Crippen LogP contribution in [0.25, 0.3) is 0 Å². The van der Waals surface area contributed by atoms with E-state index in [1.807, 2.05) is 13.0 Å². The highest BCUT2D eigenvalue weighted by Crippen LogP contribution is 2.32. The van der Waals surface area contributed by atoms with Crippen LogP contribution in [0.15, 0.2) is 53.4 Å². The van der Waals surface area contributed by atoms with Crippen LogP contribution in [-0.4, -0.2) is 41.9 Å². The quantitative estimate of drug-likeness (QED) is 0.625. The van der Waals surface area contributed by atoms with E-state index < -0.39 is 21.7 Å². The Morgan fingerprint density at radius 3 is 2.77 bits per heavy atom. The standard InChI is InChI=1S/C21H21FN4O3S2/c1-14-5-2-9-18(11-14)31(28,29)26-10-4-6-15(13-26)20-24-25-21(30-20)19(27)23-17-8-3-7-16(22)12-17/h2-3,5,7-9,11-12,15H,4,6,10,13H2,1H3,(H,23,27). The summed E-state index contributed by atoms with van der Waals surface area (Å²) in [7, 11) is -3.60. The summed E-state index contributed by atoms with van der Waals surface area (Å²) in [5, 5.41) is 11.5. The zero-order chi connectivity index (χ0) is 22.0. The number of nitrogens with zero attached hydrogens (tertiary/aromatic N) is 3. The molecule has 0 spiro atoms. The molecule has 7 nitrogen and oxygen atoms in total. The minimum absolute atomic E-state index is 0.137. The molecule has 1 aliphatic rings. The van der Waals surface area contributed by atoms with Gasteiger partial charge in [0.2, 0.25) is 15.0 Å². The van der Waals surface area contributed by atoms with Gasteiger partial charge in [-0.3, -0.25) is 4.79 Å². The number of carbonyl (C=O) groups excluding carboxylic acids is 1. The van der Waals surface area contributed by atoms with Gasteiger partial charge in [0.15, 0.2) is 0 Å². The third-order valence-corrected chi connectivity index (χ3v) is 8.02. The summed E-state index contributed by atoms with van der Waals surface area (Å²) in [4.78, 5) is 12.7. The first kappa shape index (κ1) is 21.5. The second kappa shape index (κ2) is 8.81. The summed E-state index contributed by atoms with van der Waals surface area (Å²) in [5.74, 6) is -1.07. The van der Waals surface area contributed by atoms with Crippen molar-refractivity contribution in [3.8, 4) is 0 Å². The molecule has 2 aromatic carbocycles. The van der Waals surface area contributed by atoms with Gasteiger partial charge in [0, 0.05) is 24.7 Å². The molecule has 1 N–H and O–H groups in total. The number of rotatable bonds is 5. The molecule has 2 heterocycles. The highest BCUT2D eigenvalue weighted by molar-refractivity contribution is 7.89. The van der Waals surface area contributed by atoms with Crippen LogP contribution in [0.1, 0.15) is 39.1 Å². The van der Waals surface area contributed by atoms with Crippen molar-refractivity contribution in [2.45, 2.75) is 30.6 Å². The van der Waals surface area contributed by atoms with Gasteiger partial charge in [-0.1, -0.05) is 29.5 Å². The largest absolute Gasteiger partial charge is 0.320 e. The van der Waals surface area contributed by atoms with Crippen molar-refractivity contribution in [3.63, 3.8) is 0 Å². The molecule has 1 aliphatic heterocycles. The monoisotopic (exact) mass is 460 g/mol. The van der Waals surface area contributed by atoms with Gasteiger partial charge in [0.25, 0.3) is 5.91 Å². The Labute approximate surface area is 184 Å². The summed E-state index contributed by atoms with van der Waals surface area (Å²) >= 11 is 1.13. The van der Waals surface area contributed by atoms with Crippen LogP contribution in [0, 0.1) is 12.7 Å². The zero-order valence-corrected chi connectivity index (χ0v) is 18.4. The van der Waals surface area contributed by atoms with Crippen LogP contribution in [0.3, 0.4) is 0 Å². The highest BCUT2D eigenvalue weighted by Gasteiger charge is 2.32. The van der Waals surface area contributed by atoms with Crippen LogP contribution in [0.2, 0.25) is 0 Å². The molecule has 1 amide bonds. The Bertz CT molecular complexity index is 1210. The van der Waals surface area contributed by atoms with E-state index in [-0.39, 0.29) is 22.4 Å². The predicted octanol–water partition coefficient (Wildman–Crippen LogP) is 3.81. The predicted molar refractivity (Wildman–Crippen MR) is 116 cm³/mol. The summed E-state index contributed by atoms with van der Waals surface area (Å²) in [6, 6.07) is 12.4. The molecule has 1 atom stereocenters. The van der Waals surface area contributed by atoms with Crippen molar-refractivity contribution in [1.82, 2.24) is 14.5 Å². The number of aryl methyl sites for hydroxylation is 1. The van der Waals surface area contributed by atoms with Crippen LogP contribution in [-0.2, 0) is 10.0 Å². The number of hydrogen-bond donors (Lipinski definition) is 1. The number of piperidine rings is 1. The van der Waals surface area contributed by atoms with Gasteiger partial charge in [-0.2, -0.15) is 4.31 Å². The van der Waals surface area contributed by atoms with E-state index in [9.17, 15) is 17.6 Å². The maximum Gasteiger partial charge on any atom is 0.286 e. The van der Waals surface area contributed by atoms with Crippen molar-refractivity contribution in [3.05, 3.63) is 69.9 Å². The van der Waals surface area contributed by atoms with Crippen LogP contribution < -0.4 is 5.32 Å². The number of sulfonamides is 1. The van der Waals surface area contributed by atoms with Crippen molar-refractivity contribution in [2.24, 2.45) is 0 Å². The van der Waals surface area contributed by atoms with Crippen LogP contribution in [0.4, 0.5) is 10.1 Å². The summed E-state index contributed by atoms with van der Waals surface area (Å²) in [6.07, 6.45) is 1.46. The van der Waals surface area contributed by atoms with Crippen LogP contribution >= 0.6 is 11.3 Å². The minimum atomic E-state index is -3.60. The summed E-state index contributed by atoms with van der Waals surface area (Å²) < 4.78 is 40.9. The smallest absolute Gasteiger partial charge is 0.286 e. The Hall–Kier alpha value is -2.69. The third kappa shape index (κ3) is 4.81. The van der Waals surface area contributed by atoms with Crippen molar-refractivity contribution in [2.75, 3.05) is 18.4 Å². The van der Waals surface area contributed by atoms with Gasteiger partial charge >= 0.3 is 0 Å². The number of halogens is 1. The maximum absolute atomic E-state index is 13.3. The molecule has 0 saturated carbocycles. The van der Waals surface area contributed by atoms with E-state index in [1.165, 1.54) is 22.5 Å². The molecule has 1 aromatic heterocycles. The molecule has 1 fully saturated rings. The fraction of sp³-hybridized carbons (Fsp3) is 0.286. The maximum atomic E-state index is 13.3. The summed E-state index contributed by atoms with van der Waals surface area (Å²) in [6.45, 7) is 2.59. The number of anilines is 1. The van der Waals surface area contributed by atoms with Crippen molar-refractivity contribution in [1.29, 1.82) is 0 Å². The van der Waals surface area contributed by atoms with E-state index in [0.717, 1.165) is 23.3 Å². The molecule has 1 unspecified atom stereocenters. The lowest BCUT2D eigenvalue weighted by atomic mass is 10.0. The van der Waals surface area contributed by atoms with Gasteiger partial charge in [-0.15, -0.1) is 10.2 Å². The number of nitrogens with one attached hydrogen (secondary N) is 1. The third-order valence-electron chi connectivity index (χ3n) is 5.08. The van der Waals surface area contributed by atoms with Gasteiger partial charge < -0.3 is 5.32 Å². The molecule has 0 aliphatic carbocycles.